The van der Waals surface area contributed by atoms with E-state index in [1.165, 1.54) is 23.2 Å². The van der Waals surface area contributed by atoms with Crippen LogP contribution in [0.4, 0.5) is 5.69 Å². The summed E-state index contributed by atoms with van der Waals surface area (Å²) in [7, 11) is 4.22. The Hall–Kier alpha value is -1.94. The maximum absolute atomic E-state index is 4.67. The van der Waals surface area contributed by atoms with Gasteiger partial charge < -0.3 is 9.88 Å². The van der Waals surface area contributed by atoms with Crippen LogP contribution in [0.3, 0.4) is 0 Å². The number of hydrogen-bond donors (Lipinski definition) is 1. The van der Waals surface area contributed by atoms with Crippen LogP contribution in [-0.2, 0) is 12.2 Å². The fourth-order valence-electron chi connectivity index (χ4n) is 2.85. The van der Waals surface area contributed by atoms with E-state index in [2.05, 4.69) is 60.2 Å². The number of hydrogen-bond acceptors (Lipinski definition) is 3. The van der Waals surface area contributed by atoms with Gasteiger partial charge in [0.25, 0.3) is 0 Å². The molecule has 23 heavy (non-hydrogen) atoms. The molecule has 0 bridgehead atoms. The molecule has 0 saturated heterocycles. The molecule has 0 unspecified atom stereocenters. The Balaban J connectivity index is 1.86. The highest BCUT2D eigenvalue weighted by atomic mass is 32.2. The van der Waals surface area contributed by atoms with E-state index in [0.29, 0.717) is 0 Å². The summed E-state index contributed by atoms with van der Waals surface area (Å²) in [5.41, 5.74) is 6.31. The Morgan fingerprint density at radius 3 is 2.65 bits per heavy atom. The number of nitrogens with zero attached hydrogens (tertiary/aromatic N) is 2. The third-order valence-corrected chi connectivity index (χ3v) is 4.87. The molecule has 0 aliphatic carbocycles. The highest BCUT2D eigenvalue weighted by Gasteiger charge is 2.11. The van der Waals surface area contributed by atoms with Gasteiger partial charge >= 0.3 is 0 Å². The number of aromatic amines is 1. The summed E-state index contributed by atoms with van der Waals surface area (Å²) in [4.78, 5) is 10.3. The number of benzene rings is 2. The first kappa shape index (κ1) is 15.9. The van der Waals surface area contributed by atoms with Crippen molar-refractivity contribution in [1.29, 1.82) is 0 Å². The van der Waals surface area contributed by atoms with E-state index >= 15 is 0 Å². The number of fused-ring (bicyclic) bond motifs is 1. The molecule has 3 nitrogen and oxygen atoms in total. The predicted octanol–water partition coefficient (Wildman–Crippen LogP) is 4.87. The molecular weight excluding hydrogens is 302 g/mol. The minimum absolute atomic E-state index is 0.934. The first-order valence-corrected chi connectivity index (χ1v) is 9.03. The standard InChI is InChI=1S/C19H23N3S/c1-4-8-14-9-7-12-18(22(2)3)15(14)13-23-19-20-16-10-5-6-11-17(16)21-19/h5-7,9-12H,4,8,13H2,1-3H3,(H,20,21). The normalized spacial score (nSPS) is 11.1. The summed E-state index contributed by atoms with van der Waals surface area (Å²) in [6, 6.07) is 14.8. The summed E-state index contributed by atoms with van der Waals surface area (Å²) in [6.45, 7) is 2.23. The fourth-order valence-corrected chi connectivity index (χ4v) is 3.81. The maximum Gasteiger partial charge on any atom is 0.166 e. The van der Waals surface area contributed by atoms with Crippen molar-refractivity contribution in [2.24, 2.45) is 0 Å². The van der Waals surface area contributed by atoms with Crippen molar-refractivity contribution < 1.29 is 0 Å². The van der Waals surface area contributed by atoms with Crippen molar-refractivity contribution in [1.82, 2.24) is 9.97 Å². The highest BCUT2D eigenvalue weighted by Crippen LogP contribution is 2.31. The highest BCUT2D eigenvalue weighted by molar-refractivity contribution is 7.98. The van der Waals surface area contributed by atoms with E-state index < -0.39 is 0 Å². The molecule has 1 aromatic heterocycles. The van der Waals surface area contributed by atoms with Gasteiger partial charge in [0.1, 0.15) is 0 Å². The van der Waals surface area contributed by atoms with Gasteiger partial charge in [-0.05, 0) is 35.7 Å². The van der Waals surface area contributed by atoms with Crippen molar-refractivity contribution in [2.75, 3.05) is 19.0 Å². The molecule has 0 spiro atoms. The number of imidazole rings is 1. The third-order valence-electron chi connectivity index (χ3n) is 3.97. The molecule has 0 radical (unpaired) electrons. The van der Waals surface area contributed by atoms with Crippen LogP contribution >= 0.6 is 11.8 Å². The van der Waals surface area contributed by atoms with Gasteiger partial charge in [0.2, 0.25) is 0 Å². The average Bonchev–Trinajstić information content (AvgIpc) is 2.96. The second-order valence-corrected chi connectivity index (χ2v) is 6.87. The molecule has 120 valence electrons. The molecule has 0 aliphatic rings. The average molecular weight is 325 g/mol. The summed E-state index contributed by atoms with van der Waals surface area (Å²) >= 11 is 1.78. The molecule has 3 aromatic rings. The number of nitrogens with one attached hydrogen (secondary N) is 1. The first-order valence-electron chi connectivity index (χ1n) is 8.04. The lowest BCUT2D eigenvalue weighted by Gasteiger charge is -2.20. The quantitative estimate of drug-likeness (QED) is 0.656. The summed E-state index contributed by atoms with van der Waals surface area (Å²) in [5.74, 6) is 0.934. The van der Waals surface area contributed by atoms with E-state index in [9.17, 15) is 0 Å². The van der Waals surface area contributed by atoms with Gasteiger partial charge in [0, 0.05) is 25.5 Å². The van der Waals surface area contributed by atoms with Crippen LogP contribution in [0.15, 0.2) is 47.6 Å². The lowest BCUT2D eigenvalue weighted by molar-refractivity contribution is 0.907. The van der Waals surface area contributed by atoms with Crippen molar-refractivity contribution >= 4 is 28.5 Å². The fraction of sp³-hybridized carbons (Fsp3) is 0.316. The molecule has 0 atom stereocenters. The van der Waals surface area contributed by atoms with Crippen molar-refractivity contribution in [2.45, 2.75) is 30.7 Å². The minimum Gasteiger partial charge on any atom is -0.377 e. The van der Waals surface area contributed by atoms with Crippen LogP contribution in [0, 0.1) is 0 Å². The SMILES string of the molecule is CCCc1cccc(N(C)C)c1CSc1nc2ccccc2[nH]1. The number of rotatable bonds is 6. The number of aryl methyl sites for hydroxylation is 1. The zero-order valence-electron chi connectivity index (χ0n) is 14.0. The van der Waals surface area contributed by atoms with Gasteiger partial charge in [-0.15, -0.1) is 0 Å². The van der Waals surface area contributed by atoms with Crippen LogP contribution in [0.25, 0.3) is 11.0 Å². The number of thioether (sulfide) groups is 1. The molecule has 0 fully saturated rings. The maximum atomic E-state index is 4.67. The zero-order chi connectivity index (χ0) is 16.2. The van der Waals surface area contributed by atoms with Crippen LogP contribution in [0.5, 0.6) is 0 Å². The van der Waals surface area contributed by atoms with Crippen LogP contribution in [0.2, 0.25) is 0 Å². The Morgan fingerprint density at radius 2 is 1.91 bits per heavy atom. The summed E-state index contributed by atoms with van der Waals surface area (Å²) in [6.07, 6.45) is 2.29. The molecule has 0 amide bonds. The second-order valence-electron chi connectivity index (χ2n) is 5.91. The zero-order valence-corrected chi connectivity index (χ0v) is 14.8. The van der Waals surface area contributed by atoms with Crippen molar-refractivity contribution in [3.05, 3.63) is 53.6 Å². The Kier molecular flexibility index (Phi) is 4.91. The van der Waals surface area contributed by atoms with Crippen LogP contribution in [-0.4, -0.2) is 24.1 Å². The van der Waals surface area contributed by atoms with Gasteiger partial charge in [-0.1, -0.05) is 49.4 Å². The smallest absolute Gasteiger partial charge is 0.166 e. The lowest BCUT2D eigenvalue weighted by atomic mass is 10.0. The number of H-pyrrole nitrogens is 1. The largest absolute Gasteiger partial charge is 0.377 e. The molecule has 2 aromatic carbocycles. The summed E-state index contributed by atoms with van der Waals surface area (Å²) in [5, 5.41) is 0.988. The van der Waals surface area contributed by atoms with Crippen LogP contribution < -0.4 is 4.90 Å². The van der Waals surface area contributed by atoms with Gasteiger partial charge in [-0.2, -0.15) is 0 Å². The number of para-hydroxylation sites is 2. The molecule has 1 heterocycles. The Labute approximate surface area is 142 Å². The number of anilines is 1. The molecule has 3 rings (SSSR count). The minimum atomic E-state index is 0.934. The third kappa shape index (κ3) is 3.53. The van der Waals surface area contributed by atoms with E-state index in [0.717, 1.165) is 28.4 Å². The van der Waals surface area contributed by atoms with Crippen LogP contribution in [0.1, 0.15) is 24.5 Å². The van der Waals surface area contributed by atoms with Crippen molar-refractivity contribution in [3.8, 4) is 0 Å². The second kappa shape index (κ2) is 7.09. The molecule has 0 saturated carbocycles. The Morgan fingerprint density at radius 1 is 1.09 bits per heavy atom. The predicted molar refractivity (Wildman–Crippen MR) is 100 cm³/mol. The van der Waals surface area contributed by atoms with E-state index in [1.54, 1.807) is 11.8 Å². The van der Waals surface area contributed by atoms with Gasteiger partial charge in [-0.3, -0.25) is 0 Å². The van der Waals surface area contributed by atoms with Gasteiger partial charge in [0.15, 0.2) is 5.16 Å². The van der Waals surface area contributed by atoms with E-state index in [4.69, 9.17) is 0 Å². The molecule has 0 aliphatic heterocycles. The van der Waals surface area contributed by atoms with E-state index in [1.807, 2.05) is 18.2 Å². The summed E-state index contributed by atoms with van der Waals surface area (Å²) < 4.78 is 0. The van der Waals surface area contributed by atoms with Crippen molar-refractivity contribution in [3.63, 3.8) is 0 Å². The Bertz CT molecular complexity index is 759. The lowest BCUT2D eigenvalue weighted by Crippen LogP contribution is -2.12. The monoisotopic (exact) mass is 325 g/mol. The van der Waals surface area contributed by atoms with Gasteiger partial charge in [-0.25, -0.2) is 4.98 Å². The molecular formula is C19H23N3S. The van der Waals surface area contributed by atoms with Gasteiger partial charge in [0.05, 0.1) is 11.0 Å². The molecule has 1 N–H and O–H groups in total. The number of aromatic nitrogens is 2. The van der Waals surface area contributed by atoms with E-state index in [-0.39, 0.29) is 0 Å². The topological polar surface area (TPSA) is 31.9 Å². The molecule has 4 heteroatoms. The first-order chi connectivity index (χ1) is 11.2.